The molecule has 0 amide bonds. The molecule has 1 aromatic heterocycles. The summed E-state index contributed by atoms with van der Waals surface area (Å²) >= 11 is 1.70. The van der Waals surface area contributed by atoms with Gasteiger partial charge in [0.25, 0.3) is 0 Å². The zero-order valence-electron chi connectivity index (χ0n) is 16.5. The Labute approximate surface area is 150 Å². The van der Waals surface area contributed by atoms with Crippen molar-refractivity contribution in [3.8, 4) is 0 Å². The van der Waals surface area contributed by atoms with Gasteiger partial charge in [-0.2, -0.15) is 11.8 Å². The minimum absolute atomic E-state index is 0.111. The smallest absolute Gasteiger partial charge is 0.197 e. The Kier molecular flexibility index (Phi) is 4.73. The molecule has 0 aliphatic rings. The highest BCUT2D eigenvalue weighted by Gasteiger charge is 2.35. The van der Waals surface area contributed by atoms with Crippen molar-refractivity contribution in [1.82, 2.24) is 0 Å². The van der Waals surface area contributed by atoms with Crippen molar-refractivity contribution in [2.45, 2.75) is 71.0 Å². The van der Waals surface area contributed by atoms with Crippen LogP contribution in [-0.2, 0) is 15.6 Å². The highest BCUT2D eigenvalue weighted by atomic mass is 32.2. The topological polar surface area (TPSA) is 30.2 Å². The van der Waals surface area contributed by atoms with Crippen LogP contribution >= 0.6 is 11.8 Å². The fourth-order valence-corrected chi connectivity index (χ4v) is 3.39. The van der Waals surface area contributed by atoms with E-state index >= 15 is 0 Å². The van der Waals surface area contributed by atoms with E-state index < -0.39 is 0 Å². The Hall–Kier alpha value is -1.22. The third-order valence-corrected chi connectivity index (χ3v) is 5.74. The maximum absolute atomic E-state index is 13.6. The second-order valence-corrected chi connectivity index (χ2v) is 10.5. The molecule has 0 radical (unpaired) electrons. The van der Waals surface area contributed by atoms with Gasteiger partial charge < -0.3 is 4.42 Å². The number of hydrogen-bond donors (Lipinski definition) is 0. The first-order valence-corrected chi connectivity index (χ1v) is 9.69. The Morgan fingerprint density at radius 3 is 1.96 bits per heavy atom. The molecule has 0 bridgehead atoms. The van der Waals surface area contributed by atoms with Crippen molar-refractivity contribution < 1.29 is 4.42 Å². The van der Waals surface area contributed by atoms with Gasteiger partial charge in [-0.1, -0.05) is 53.7 Å². The fourth-order valence-electron chi connectivity index (χ4n) is 3.06. The molecule has 0 aliphatic heterocycles. The summed E-state index contributed by atoms with van der Waals surface area (Å²) in [5.41, 5.74) is 2.27. The maximum atomic E-state index is 13.6. The molecule has 0 atom stereocenters. The summed E-state index contributed by atoms with van der Waals surface area (Å²) in [5.74, 6) is 0.797. The van der Waals surface area contributed by atoms with E-state index in [2.05, 4.69) is 61.6 Å². The molecule has 0 saturated heterocycles. The summed E-state index contributed by atoms with van der Waals surface area (Å²) in [5, 5.41) is 0.732. The van der Waals surface area contributed by atoms with E-state index in [1.807, 2.05) is 18.2 Å². The Morgan fingerprint density at radius 1 is 0.917 bits per heavy atom. The summed E-state index contributed by atoms with van der Waals surface area (Å²) in [6.07, 6.45) is 2.06. The van der Waals surface area contributed by atoms with Crippen LogP contribution in [0.2, 0.25) is 0 Å². The molecule has 0 fully saturated rings. The van der Waals surface area contributed by atoms with Crippen molar-refractivity contribution in [3.63, 3.8) is 0 Å². The van der Waals surface area contributed by atoms with Gasteiger partial charge in [-0.15, -0.1) is 0 Å². The second kappa shape index (κ2) is 5.94. The van der Waals surface area contributed by atoms with Gasteiger partial charge in [0.1, 0.15) is 11.3 Å². The molecule has 2 rings (SSSR count). The number of hydrogen-bond acceptors (Lipinski definition) is 3. The lowest BCUT2D eigenvalue weighted by Gasteiger charge is -2.30. The monoisotopic (exact) mass is 346 g/mol. The lowest BCUT2D eigenvalue weighted by atomic mass is 9.80. The van der Waals surface area contributed by atoms with Gasteiger partial charge in [0.15, 0.2) is 5.43 Å². The third kappa shape index (κ3) is 3.28. The van der Waals surface area contributed by atoms with Gasteiger partial charge >= 0.3 is 0 Å². The van der Waals surface area contributed by atoms with Gasteiger partial charge in [-0.3, -0.25) is 4.79 Å². The lowest BCUT2D eigenvalue weighted by Crippen LogP contribution is -2.31. The molecule has 2 aromatic rings. The minimum atomic E-state index is -0.276. The van der Waals surface area contributed by atoms with Crippen LogP contribution in [0.5, 0.6) is 0 Å². The normalized spacial score (nSPS) is 13.5. The van der Waals surface area contributed by atoms with Gasteiger partial charge in [0.2, 0.25) is 0 Å². The van der Waals surface area contributed by atoms with Crippen LogP contribution in [-0.4, -0.2) is 6.26 Å². The number of thioether (sulfide) groups is 1. The lowest BCUT2D eigenvalue weighted by molar-refractivity contribution is 0.447. The first-order chi connectivity index (χ1) is 10.8. The van der Waals surface area contributed by atoms with Crippen LogP contribution in [0.15, 0.2) is 27.4 Å². The van der Waals surface area contributed by atoms with Crippen LogP contribution < -0.4 is 5.43 Å². The van der Waals surface area contributed by atoms with Crippen LogP contribution in [0.1, 0.15) is 72.3 Å². The molecule has 0 unspecified atom stereocenters. The number of fused-ring (bicyclic) bond motifs is 1. The predicted octanol–water partition coefficient (Wildman–Crippen LogP) is 5.99. The summed E-state index contributed by atoms with van der Waals surface area (Å²) in [6.45, 7) is 16.9. The fraction of sp³-hybridized carbons (Fsp3) is 0.571. The van der Waals surface area contributed by atoms with Gasteiger partial charge in [-0.05, 0) is 42.6 Å². The van der Waals surface area contributed by atoms with Crippen molar-refractivity contribution in [1.29, 1.82) is 0 Å². The van der Waals surface area contributed by atoms with Crippen LogP contribution in [0.25, 0.3) is 11.0 Å². The summed E-state index contributed by atoms with van der Waals surface area (Å²) in [6, 6.07) is 5.95. The second-order valence-electron chi connectivity index (χ2n) is 9.03. The van der Waals surface area contributed by atoms with Crippen molar-refractivity contribution in [2.75, 3.05) is 6.26 Å². The number of benzene rings is 1. The predicted molar refractivity (Wildman–Crippen MR) is 106 cm³/mol. The third-order valence-electron chi connectivity index (χ3n) is 4.53. The molecular formula is C21H30O2S. The van der Waals surface area contributed by atoms with E-state index in [0.29, 0.717) is 5.58 Å². The van der Waals surface area contributed by atoms with E-state index in [-0.39, 0.29) is 21.0 Å². The van der Waals surface area contributed by atoms with Crippen molar-refractivity contribution >= 4 is 22.7 Å². The first kappa shape index (κ1) is 19.1. The first-order valence-electron chi connectivity index (χ1n) is 8.47. The average molecular weight is 347 g/mol. The van der Waals surface area contributed by atoms with Crippen LogP contribution in [0.4, 0.5) is 0 Å². The average Bonchev–Trinajstić information content (AvgIpc) is 2.44. The van der Waals surface area contributed by atoms with Crippen LogP contribution in [0, 0.1) is 0 Å². The highest BCUT2D eigenvalue weighted by molar-refractivity contribution is 7.99. The molecule has 0 aliphatic carbocycles. The van der Waals surface area contributed by atoms with Crippen molar-refractivity contribution in [2.24, 2.45) is 0 Å². The largest absolute Gasteiger partial charge is 0.459 e. The van der Waals surface area contributed by atoms with E-state index in [4.69, 9.17) is 4.42 Å². The van der Waals surface area contributed by atoms with E-state index in [1.165, 1.54) is 0 Å². The molecule has 1 heterocycles. The molecule has 1 aromatic carbocycles. The summed E-state index contributed by atoms with van der Waals surface area (Å²) in [4.78, 5) is 13.6. The standard InChI is InChI=1S/C21H30O2S/c1-19(2,3)13-11-10-12-14-15(13)17(22)16(20(4,5)6)18(23-14)21(7,8)24-9/h10-12H,1-9H3. The zero-order chi connectivity index (χ0) is 18.5. The molecule has 0 spiro atoms. The van der Waals surface area contributed by atoms with Gasteiger partial charge in [-0.25, -0.2) is 0 Å². The molecule has 132 valence electrons. The van der Waals surface area contributed by atoms with Crippen molar-refractivity contribution in [3.05, 3.63) is 45.3 Å². The number of rotatable bonds is 2. The Morgan fingerprint density at radius 2 is 1.50 bits per heavy atom. The Bertz CT molecular complexity index is 815. The summed E-state index contributed by atoms with van der Waals surface area (Å²) in [7, 11) is 0. The highest BCUT2D eigenvalue weighted by Crippen LogP contribution is 2.41. The van der Waals surface area contributed by atoms with Crippen LogP contribution in [0.3, 0.4) is 0 Å². The van der Waals surface area contributed by atoms with Gasteiger partial charge in [0.05, 0.1) is 10.1 Å². The molecule has 0 N–H and O–H groups in total. The molecule has 2 nitrogen and oxygen atoms in total. The van der Waals surface area contributed by atoms with Gasteiger partial charge in [0, 0.05) is 5.56 Å². The zero-order valence-corrected chi connectivity index (χ0v) is 17.3. The summed E-state index contributed by atoms with van der Waals surface area (Å²) < 4.78 is 6.11. The molecule has 0 saturated carbocycles. The SMILES string of the molecule is CSC(C)(C)c1oc2cccc(C(C)(C)C)c2c(=O)c1C(C)(C)C. The molecular weight excluding hydrogens is 316 g/mol. The van der Waals surface area contributed by atoms with E-state index in [9.17, 15) is 4.79 Å². The Balaban J connectivity index is 3.07. The maximum Gasteiger partial charge on any atom is 0.197 e. The quantitative estimate of drug-likeness (QED) is 0.669. The van der Waals surface area contributed by atoms with E-state index in [1.54, 1.807) is 11.8 Å². The van der Waals surface area contributed by atoms with E-state index in [0.717, 1.165) is 22.3 Å². The molecule has 3 heteroatoms. The molecule has 24 heavy (non-hydrogen) atoms. The minimum Gasteiger partial charge on any atom is -0.459 e.